The van der Waals surface area contributed by atoms with Gasteiger partial charge in [-0.05, 0) is 23.6 Å². The minimum atomic E-state index is -0.155. The van der Waals surface area contributed by atoms with Gasteiger partial charge in [0.1, 0.15) is 0 Å². The Morgan fingerprint density at radius 1 is 1.35 bits per heavy atom. The van der Waals surface area contributed by atoms with Gasteiger partial charge < -0.3 is 15.2 Å². The summed E-state index contributed by atoms with van der Waals surface area (Å²) in [5.41, 5.74) is 9.51. The van der Waals surface area contributed by atoms with E-state index in [9.17, 15) is 0 Å². The number of ether oxygens (including phenoxy) is 2. The average molecular weight is 236 g/mol. The fourth-order valence-electron chi connectivity index (χ4n) is 2.31. The number of nitrogens with two attached hydrogens (primary N) is 1. The lowest BCUT2D eigenvalue weighted by Crippen LogP contribution is -2.38. The third kappa shape index (κ3) is 2.77. The number of hydrogen-bond donors (Lipinski definition) is 1. The second kappa shape index (κ2) is 5.49. The molecule has 0 fully saturated rings. The van der Waals surface area contributed by atoms with E-state index in [1.54, 1.807) is 14.2 Å². The predicted octanol–water partition coefficient (Wildman–Crippen LogP) is 1.25. The first-order chi connectivity index (χ1) is 8.24. The lowest BCUT2D eigenvalue weighted by atomic mass is 9.98. The molecule has 1 aliphatic heterocycles. The normalized spacial score (nSPS) is 16.2. The van der Waals surface area contributed by atoms with Crippen LogP contribution in [0.15, 0.2) is 18.2 Å². The first kappa shape index (κ1) is 12.4. The van der Waals surface area contributed by atoms with Crippen LogP contribution in [0, 0.1) is 0 Å². The summed E-state index contributed by atoms with van der Waals surface area (Å²) in [5.74, 6) is 0. The van der Waals surface area contributed by atoms with Gasteiger partial charge in [0.05, 0.1) is 0 Å². The zero-order valence-corrected chi connectivity index (χ0v) is 10.5. The molecular formula is C13H20N2O2. The van der Waals surface area contributed by atoms with Gasteiger partial charge in [0.15, 0.2) is 6.29 Å². The van der Waals surface area contributed by atoms with Crippen molar-refractivity contribution in [1.82, 2.24) is 4.90 Å². The zero-order valence-electron chi connectivity index (χ0n) is 10.5. The maximum atomic E-state index is 5.97. The second-order valence-electron chi connectivity index (χ2n) is 4.37. The Labute approximate surface area is 102 Å². The Morgan fingerprint density at radius 3 is 2.82 bits per heavy atom. The lowest BCUT2D eigenvalue weighted by molar-refractivity contribution is -0.117. The summed E-state index contributed by atoms with van der Waals surface area (Å²) >= 11 is 0. The number of nitrogen functional groups attached to an aromatic ring is 1. The molecule has 0 bridgehead atoms. The van der Waals surface area contributed by atoms with E-state index >= 15 is 0 Å². The predicted molar refractivity (Wildman–Crippen MR) is 67.6 cm³/mol. The summed E-state index contributed by atoms with van der Waals surface area (Å²) in [6, 6.07) is 6.13. The second-order valence-corrected chi connectivity index (χ2v) is 4.37. The Balaban J connectivity index is 2.03. The van der Waals surface area contributed by atoms with Crippen LogP contribution in [0.1, 0.15) is 11.1 Å². The minimum Gasteiger partial charge on any atom is -0.398 e. The highest BCUT2D eigenvalue weighted by Crippen LogP contribution is 2.24. The van der Waals surface area contributed by atoms with Gasteiger partial charge in [-0.15, -0.1) is 0 Å². The summed E-state index contributed by atoms with van der Waals surface area (Å²) in [4.78, 5) is 2.33. The first-order valence-electron chi connectivity index (χ1n) is 5.88. The van der Waals surface area contributed by atoms with Crippen LogP contribution in [0.2, 0.25) is 0 Å². The van der Waals surface area contributed by atoms with Crippen molar-refractivity contribution < 1.29 is 9.47 Å². The molecule has 0 aliphatic carbocycles. The summed E-state index contributed by atoms with van der Waals surface area (Å²) < 4.78 is 10.5. The van der Waals surface area contributed by atoms with E-state index in [0.717, 1.165) is 31.7 Å². The molecule has 17 heavy (non-hydrogen) atoms. The molecule has 0 unspecified atom stereocenters. The topological polar surface area (TPSA) is 47.7 Å². The van der Waals surface area contributed by atoms with Crippen molar-refractivity contribution >= 4 is 5.69 Å². The average Bonchev–Trinajstić information content (AvgIpc) is 2.36. The summed E-state index contributed by atoms with van der Waals surface area (Å²) in [5, 5.41) is 0. The van der Waals surface area contributed by atoms with E-state index in [0.29, 0.717) is 0 Å². The van der Waals surface area contributed by atoms with Crippen molar-refractivity contribution in [1.29, 1.82) is 0 Å². The van der Waals surface area contributed by atoms with Gasteiger partial charge in [0.25, 0.3) is 0 Å². The molecule has 0 spiro atoms. The van der Waals surface area contributed by atoms with E-state index < -0.39 is 0 Å². The number of methoxy groups -OCH3 is 2. The molecule has 2 rings (SSSR count). The van der Waals surface area contributed by atoms with Crippen molar-refractivity contribution in [3.63, 3.8) is 0 Å². The minimum absolute atomic E-state index is 0.155. The molecule has 0 amide bonds. The van der Waals surface area contributed by atoms with Crippen LogP contribution in [0.3, 0.4) is 0 Å². The number of rotatable bonds is 4. The van der Waals surface area contributed by atoms with E-state index in [2.05, 4.69) is 11.0 Å². The van der Waals surface area contributed by atoms with Crippen LogP contribution in [0.25, 0.3) is 0 Å². The van der Waals surface area contributed by atoms with Crippen LogP contribution < -0.4 is 5.73 Å². The molecule has 1 aromatic rings. The largest absolute Gasteiger partial charge is 0.398 e. The van der Waals surface area contributed by atoms with Crippen molar-refractivity contribution in [3.05, 3.63) is 29.3 Å². The molecule has 94 valence electrons. The molecule has 0 aromatic heterocycles. The molecule has 4 heteroatoms. The molecule has 1 aromatic carbocycles. The monoisotopic (exact) mass is 236 g/mol. The molecule has 1 aliphatic rings. The van der Waals surface area contributed by atoms with Gasteiger partial charge in [-0.1, -0.05) is 12.1 Å². The van der Waals surface area contributed by atoms with Crippen LogP contribution in [-0.2, 0) is 22.4 Å². The molecule has 4 nitrogen and oxygen atoms in total. The Morgan fingerprint density at radius 2 is 2.12 bits per heavy atom. The molecule has 0 saturated carbocycles. The smallest absolute Gasteiger partial charge is 0.169 e. The molecule has 0 atom stereocenters. The van der Waals surface area contributed by atoms with Crippen LogP contribution in [-0.4, -0.2) is 38.5 Å². The van der Waals surface area contributed by atoms with Gasteiger partial charge in [-0.2, -0.15) is 0 Å². The number of anilines is 1. The van der Waals surface area contributed by atoms with E-state index in [4.69, 9.17) is 15.2 Å². The van der Waals surface area contributed by atoms with Crippen LogP contribution >= 0.6 is 0 Å². The zero-order chi connectivity index (χ0) is 12.3. The van der Waals surface area contributed by atoms with E-state index in [1.165, 1.54) is 11.1 Å². The van der Waals surface area contributed by atoms with Gasteiger partial charge in [0, 0.05) is 39.5 Å². The van der Waals surface area contributed by atoms with Gasteiger partial charge in [0.2, 0.25) is 0 Å². The van der Waals surface area contributed by atoms with Crippen molar-refractivity contribution in [2.45, 2.75) is 19.3 Å². The number of benzene rings is 1. The summed E-state index contributed by atoms with van der Waals surface area (Å²) in [6.45, 7) is 2.72. The molecular weight excluding hydrogens is 216 g/mol. The SMILES string of the molecule is COC(CN1CCc2c(N)cccc2C1)OC. The molecule has 2 N–H and O–H groups in total. The molecule has 1 heterocycles. The fourth-order valence-corrected chi connectivity index (χ4v) is 2.31. The van der Waals surface area contributed by atoms with Crippen molar-refractivity contribution in [2.24, 2.45) is 0 Å². The highest BCUT2D eigenvalue weighted by atomic mass is 16.7. The number of hydrogen-bond acceptors (Lipinski definition) is 4. The van der Waals surface area contributed by atoms with E-state index in [-0.39, 0.29) is 6.29 Å². The highest BCUT2D eigenvalue weighted by Gasteiger charge is 2.20. The lowest BCUT2D eigenvalue weighted by Gasteiger charge is -2.31. The molecule has 0 radical (unpaired) electrons. The highest BCUT2D eigenvalue weighted by molar-refractivity contribution is 5.51. The van der Waals surface area contributed by atoms with E-state index in [1.807, 2.05) is 12.1 Å². The third-order valence-electron chi connectivity index (χ3n) is 3.31. The fraction of sp³-hybridized carbons (Fsp3) is 0.538. The summed E-state index contributed by atoms with van der Waals surface area (Å²) in [7, 11) is 3.34. The van der Waals surface area contributed by atoms with Gasteiger partial charge in [-0.3, -0.25) is 4.90 Å². The quantitative estimate of drug-likeness (QED) is 0.631. The standard InChI is InChI=1S/C13H20N2O2/c1-16-13(17-2)9-15-7-6-11-10(8-15)4-3-5-12(11)14/h3-5,13H,6-9,14H2,1-2H3. The third-order valence-corrected chi connectivity index (χ3v) is 3.31. The maximum Gasteiger partial charge on any atom is 0.169 e. The van der Waals surface area contributed by atoms with Gasteiger partial charge >= 0.3 is 0 Å². The van der Waals surface area contributed by atoms with Crippen molar-refractivity contribution in [2.75, 3.05) is 33.0 Å². The maximum absolute atomic E-state index is 5.97. The Kier molecular flexibility index (Phi) is 3.99. The first-order valence-corrected chi connectivity index (χ1v) is 5.88. The summed E-state index contributed by atoms with van der Waals surface area (Å²) in [6.07, 6.45) is 0.847. The Hall–Kier alpha value is -1.10. The van der Waals surface area contributed by atoms with Crippen LogP contribution in [0.4, 0.5) is 5.69 Å². The Bertz CT molecular complexity index is 378. The number of nitrogens with zero attached hydrogens (tertiary/aromatic N) is 1. The molecule has 0 saturated heterocycles. The van der Waals surface area contributed by atoms with Crippen LogP contribution in [0.5, 0.6) is 0 Å². The number of fused-ring (bicyclic) bond motifs is 1. The van der Waals surface area contributed by atoms with Crippen molar-refractivity contribution in [3.8, 4) is 0 Å². The van der Waals surface area contributed by atoms with Gasteiger partial charge in [-0.25, -0.2) is 0 Å².